The molecule has 4 heteroatoms. The van der Waals surface area contributed by atoms with Crippen molar-refractivity contribution in [2.75, 3.05) is 0 Å². The summed E-state index contributed by atoms with van der Waals surface area (Å²) in [7, 11) is 0. The summed E-state index contributed by atoms with van der Waals surface area (Å²) >= 11 is 0. The normalized spacial score (nSPS) is 17.3. The second-order valence-electron chi connectivity index (χ2n) is 12.1. The van der Waals surface area contributed by atoms with Gasteiger partial charge in [-0.15, -0.1) is 0 Å². The van der Waals surface area contributed by atoms with Crippen LogP contribution in [-0.4, -0.2) is 19.9 Å². The Morgan fingerprint density at radius 2 is 0.438 bits per heavy atom. The van der Waals surface area contributed by atoms with E-state index in [4.69, 9.17) is 0 Å². The summed E-state index contributed by atoms with van der Waals surface area (Å²) in [6.45, 7) is 0. The first-order valence-electron chi connectivity index (χ1n) is 16.3. The van der Waals surface area contributed by atoms with E-state index in [-0.39, 0.29) is 0 Å². The van der Waals surface area contributed by atoms with Crippen LogP contribution in [0, 0.1) is 0 Å². The van der Waals surface area contributed by atoms with Gasteiger partial charge >= 0.3 is 0 Å². The third kappa shape index (κ3) is 4.88. The van der Waals surface area contributed by atoms with Gasteiger partial charge in [0.15, 0.2) is 0 Å². The number of benzene rings is 4. The Morgan fingerprint density at radius 3 is 0.667 bits per heavy atom. The first-order chi connectivity index (χ1) is 23.8. The van der Waals surface area contributed by atoms with E-state index in [0.717, 1.165) is 88.7 Å². The largest absolute Gasteiger partial charge is 0.354 e. The highest BCUT2D eigenvalue weighted by atomic mass is 14.8. The lowest BCUT2D eigenvalue weighted by Gasteiger charge is -2.09. The molecule has 0 aliphatic carbocycles. The fraction of sp³-hybridized carbons (Fsp3) is 0. The predicted octanol–water partition coefficient (Wildman–Crippen LogP) is 6.30. The Hall–Kier alpha value is -6.52. The molecule has 5 heterocycles. The zero-order chi connectivity index (χ0) is 31.9. The molecular weight excluding hydrogens is 585 g/mol. The Bertz CT molecular complexity index is 2270. The summed E-state index contributed by atoms with van der Waals surface area (Å²) in [5.74, 6) is 0. The van der Waals surface area contributed by atoms with E-state index in [1.165, 1.54) is 0 Å². The molecule has 0 saturated carbocycles. The highest BCUT2D eigenvalue weighted by molar-refractivity contribution is 5.84. The topological polar surface area (TPSA) is 63.2 Å². The van der Waals surface area contributed by atoms with Gasteiger partial charge in [0.05, 0.1) is 0 Å². The van der Waals surface area contributed by atoms with E-state index < -0.39 is 0 Å². The second-order valence-corrected chi connectivity index (χ2v) is 12.1. The van der Waals surface area contributed by atoms with E-state index in [0.29, 0.717) is 0 Å². The van der Waals surface area contributed by atoms with Crippen LogP contribution in [0.1, 0.15) is 45.0 Å². The molecule has 48 heavy (non-hydrogen) atoms. The van der Waals surface area contributed by atoms with Crippen LogP contribution in [0.2, 0.25) is 0 Å². The van der Waals surface area contributed by atoms with Gasteiger partial charge in [0.25, 0.3) is 0 Å². The van der Waals surface area contributed by atoms with Gasteiger partial charge in [-0.1, -0.05) is 121 Å². The molecule has 0 spiro atoms. The van der Waals surface area contributed by atoms with Crippen LogP contribution in [0.3, 0.4) is 0 Å². The second kappa shape index (κ2) is 11.7. The lowest BCUT2D eigenvalue weighted by atomic mass is 10.0. The maximum absolute atomic E-state index is 3.84. The molecule has 4 aromatic heterocycles. The molecule has 8 bridgehead atoms. The average molecular weight is 617 g/mol. The number of aromatic nitrogens is 4. The Balaban J connectivity index is 1.44. The first kappa shape index (κ1) is 27.8. The van der Waals surface area contributed by atoms with Crippen molar-refractivity contribution in [3.63, 3.8) is 0 Å². The van der Waals surface area contributed by atoms with Crippen LogP contribution in [-0.2, 0) is 0 Å². The van der Waals surface area contributed by atoms with Crippen LogP contribution in [0.15, 0.2) is 170 Å². The van der Waals surface area contributed by atoms with Crippen molar-refractivity contribution in [2.24, 2.45) is 0 Å². The summed E-state index contributed by atoms with van der Waals surface area (Å²) in [5, 5.41) is 4.16. The van der Waals surface area contributed by atoms with Gasteiger partial charge < -0.3 is 19.9 Å². The van der Waals surface area contributed by atoms with Crippen LogP contribution in [0.5, 0.6) is 0 Å². The molecule has 0 atom stereocenters. The minimum Gasteiger partial charge on any atom is -0.354 e. The van der Waals surface area contributed by atoms with Crippen LogP contribution in [0.25, 0.3) is 22.3 Å². The molecule has 0 fully saturated rings. The van der Waals surface area contributed by atoms with Crippen LogP contribution < -0.4 is 21.4 Å². The highest BCUT2D eigenvalue weighted by Crippen LogP contribution is 2.27. The van der Waals surface area contributed by atoms with Crippen molar-refractivity contribution in [1.29, 1.82) is 0 Å². The molecule has 0 amide bonds. The number of aromatic amines is 4. The van der Waals surface area contributed by atoms with Gasteiger partial charge in [0.2, 0.25) is 0 Å². The number of rotatable bonds is 4. The number of H-pyrrole nitrogens is 4. The van der Waals surface area contributed by atoms with Crippen molar-refractivity contribution < 1.29 is 0 Å². The van der Waals surface area contributed by atoms with Crippen LogP contribution >= 0.6 is 0 Å². The first-order valence-corrected chi connectivity index (χ1v) is 16.3. The van der Waals surface area contributed by atoms with Crippen molar-refractivity contribution in [3.05, 3.63) is 236 Å². The molecule has 0 radical (unpaired) electrons. The molecule has 8 aromatic rings. The van der Waals surface area contributed by atoms with Gasteiger partial charge in [0, 0.05) is 66.5 Å². The van der Waals surface area contributed by atoms with Gasteiger partial charge in [-0.25, -0.2) is 0 Å². The third-order valence-corrected chi connectivity index (χ3v) is 9.15. The van der Waals surface area contributed by atoms with Gasteiger partial charge in [0.1, 0.15) is 0 Å². The zero-order valence-electron chi connectivity index (χ0n) is 26.2. The fourth-order valence-corrected chi connectivity index (χ4v) is 6.99. The maximum atomic E-state index is 3.84. The van der Waals surface area contributed by atoms with Crippen molar-refractivity contribution in [3.8, 4) is 0 Å². The summed E-state index contributed by atoms with van der Waals surface area (Å²) < 4.78 is 0. The van der Waals surface area contributed by atoms with Crippen LogP contribution in [0.4, 0.5) is 0 Å². The number of hydrogen-bond acceptors (Lipinski definition) is 0. The number of hydrogen-bond donors (Lipinski definition) is 4. The lowest BCUT2D eigenvalue weighted by Crippen LogP contribution is -2.19. The standard InChI is InChI=1S/C44H32N4/c1-5-13-29(14-6-1)41-33-21-23-35(45-33)42(30-15-7-2-8-16-30)37-25-27-39(47-37)44(32-19-11-4-12-20-32)40-28-26-38(48-40)43(31-17-9-3-10-18-31)36-24-22-34(41)46-36/h1-28,45-48H/b41-33-,41-34?,42-35-,42-37?,43-36?,43-38-,44-39?,44-40-. The summed E-state index contributed by atoms with van der Waals surface area (Å²) in [6.07, 6.45) is 0. The minimum absolute atomic E-state index is 1.04. The molecule has 0 unspecified atom stereocenters. The third-order valence-electron chi connectivity index (χ3n) is 9.15. The molecule has 1 aliphatic rings. The van der Waals surface area contributed by atoms with Crippen molar-refractivity contribution in [1.82, 2.24) is 19.9 Å². The van der Waals surface area contributed by atoms with Crippen molar-refractivity contribution in [2.45, 2.75) is 0 Å². The molecule has 4 nitrogen and oxygen atoms in total. The lowest BCUT2D eigenvalue weighted by molar-refractivity contribution is 1.19. The molecule has 1 aliphatic heterocycles. The Labute approximate surface area is 277 Å². The molecule has 0 saturated heterocycles. The summed E-state index contributed by atoms with van der Waals surface area (Å²) in [5.41, 5.74) is 13.1. The van der Waals surface area contributed by atoms with E-state index >= 15 is 0 Å². The molecule has 228 valence electrons. The smallest absolute Gasteiger partial charge is 0.0485 e. The number of nitrogens with one attached hydrogen (secondary N) is 4. The SMILES string of the molecule is c1ccc(/C2=c3\cc/c([nH]3)=C(\c3ccccc3)c3ccc([nH]3)/C(c3ccccc3)=c3/cc/c([nH]3)=C(\c3ccccc3)c3ccc2[nH]3)cc1. The minimum atomic E-state index is 1.04. The van der Waals surface area contributed by atoms with E-state index in [9.17, 15) is 0 Å². The summed E-state index contributed by atoms with van der Waals surface area (Å²) in [4.78, 5) is 15.4. The number of fused-ring (bicyclic) bond motifs is 8. The van der Waals surface area contributed by atoms with E-state index in [2.05, 4.69) is 190 Å². The van der Waals surface area contributed by atoms with E-state index in [1.807, 2.05) is 0 Å². The molecule has 9 rings (SSSR count). The zero-order valence-corrected chi connectivity index (χ0v) is 26.2. The Kier molecular flexibility index (Phi) is 6.76. The fourth-order valence-electron chi connectivity index (χ4n) is 6.99. The van der Waals surface area contributed by atoms with Gasteiger partial charge in [-0.3, -0.25) is 0 Å². The monoisotopic (exact) mass is 616 g/mol. The molecule has 4 aromatic carbocycles. The predicted molar refractivity (Wildman–Crippen MR) is 194 cm³/mol. The Morgan fingerprint density at radius 1 is 0.208 bits per heavy atom. The quantitative estimate of drug-likeness (QED) is 0.179. The maximum Gasteiger partial charge on any atom is 0.0485 e. The van der Waals surface area contributed by atoms with E-state index in [1.54, 1.807) is 0 Å². The van der Waals surface area contributed by atoms with Gasteiger partial charge in [-0.2, -0.15) is 0 Å². The molecule has 4 N–H and O–H groups in total. The van der Waals surface area contributed by atoms with Gasteiger partial charge in [-0.05, 0) is 70.8 Å². The highest BCUT2D eigenvalue weighted by Gasteiger charge is 2.18. The molecular formula is C44H32N4. The summed E-state index contributed by atoms with van der Waals surface area (Å²) in [6, 6.07) is 60.0. The van der Waals surface area contributed by atoms with Crippen molar-refractivity contribution >= 4 is 22.3 Å². The average Bonchev–Trinajstić information content (AvgIpc) is 3.98.